The van der Waals surface area contributed by atoms with Crippen molar-refractivity contribution in [2.75, 3.05) is 39.4 Å². The highest BCUT2D eigenvalue weighted by atomic mass is 16.5. The molecule has 1 N–H and O–H groups in total. The smallest absolute Gasteiger partial charge is 0.220 e. The summed E-state index contributed by atoms with van der Waals surface area (Å²) in [5.74, 6) is 0.696. The number of benzene rings is 2. The van der Waals surface area contributed by atoms with Crippen LogP contribution >= 0.6 is 0 Å². The van der Waals surface area contributed by atoms with Crippen molar-refractivity contribution in [1.29, 1.82) is 0 Å². The van der Waals surface area contributed by atoms with Gasteiger partial charge in [0.15, 0.2) is 0 Å². The molecule has 2 aromatic carbocycles. The number of piperidine rings is 1. The van der Waals surface area contributed by atoms with Gasteiger partial charge in [-0.05, 0) is 55.5 Å². The number of morpholine rings is 1. The summed E-state index contributed by atoms with van der Waals surface area (Å²) in [6.45, 7) is 10.9. The summed E-state index contributed by atoms with van der Waals surface area (Å²) in [6.07, 6.45) is 2.74. The number of likely N-dealkylation sites (tertiary alicyclic amines) is 1. The maximum atomic E-state index is 12.3. The Labute approximate surface area is 186 Å². The Bertz CT molecular complexity index is 857. The molecule has 2 aromatic rings. The molecule has 2 atom stereocenters. The van der Waals surface area contributed by atoms with Gasteiger partial charge in [-0.25, -0.2) is 0 Å². The molecule has 2 heterocycles. The van der Waals surface area contributed by atoms with E-state index in [2.05, 4.69) is 57.6 Å². The first-order valence-corrected chi connectivity index (χ1v) is 11.9. The van der Waals surface area contributed by atoms with E-state index in [1.165, 1.54) is 22.8 Å². The maximum Gasteiger partial charge on any atom is 0.220 e. The van der Waals surface area contributed by atoms with Gasteiger partial charge in [0, 0.05) is 44.7 Å². The number of nitrogens with zero attached hydrogens (tertiary/aromatic N) is 2. The van der Waals surface area contributed by atoms with Crippen LogP contribution in [0.1, 0.15) is 38.7 Å². The average Bonchev–Trinajstić information content (AvgIpc) is 2.78. The van der Waals surface area contributed by atoms with Crippen molar-refractivity contribution in [1.82, 2.24) is 15.1 Å². The highest BCUT2D eigenvalue weighted by Crippen LogP contribution is 2.29. The molecule has 2 fully saturated rings. The molecule has 0 unspecified atom stereocenters. The Morgan fingerprint density at radius 1 is 1.10 bits per heavy atom. The Balaban J connectivity index is 1.45. The minimum Gasteiger partial charge on any atom is -0.379 e. The SMILES string of the molecule is CC(C)NC(=O)CC[C@@H]1CN(Cc2cccc3ccccc23)CC[C@@H]1N1CCOCC1. The lowest BCUT2D eigenvalue weighted by Crippen LogP contribution is -2.54. The largest absolute Gasteiger partial charge is 0.379 e. The quantitative estimate of drug-likeness (QED) is 0.738. The second-order valence-corrected chi connectivity index (χ2v) is 9.40. The first-order chi connectivity index (χ1) is 15.1. The molecule has 168 valence electrons. The second-order valence-electron chi connectivity index (χ2n) is 9.40. The fraction of sp³-hybridized carbons (Fsp3) is 0.577. The highest BCUT2D eigenvalue weighted by molar-refractivity contribution is 5.85. The zero-order valence-electron chi connectivity index (χ0n) is 19.1. The van der Waals surface area contributed by atoms with E-state index in [4.69, 9.17) is 4.74 Å². The van der Waals surface area contributed by atoms with E-state index in [1.807, 2.05) is 13.8 Å². The summed E-state index contributed by atoms with van der Waals surface area (Å²) in [5.41, 5.74) is 1.40. The molecule has 0 radical (unpaired) electrons. The van der Waals surface area contributed by atoms with Crippen LogP contribution in [-0.4, -0.2) is 67.2 Å². The molecule has 2 aliphatic heterocycles. The third-order valence-electron chi connectivity index (χ3n) is 6.76. The van der Waals surface area contributed by atoms with Crippen LogP contribution < -0.4 is 5.32 Å². The Morgan fingerprint density at radius 2 is 1.87 bits per heavy atom. The normalized spacial score (nSPS) is 23.3. The highest BCUT2D eigenvalue weighted by Gasteiger charge is 2.34. The van der Waals surface area contributed by atoms with Gasteiger partial charge in [-0.1, -0.05) is 42.5 Å². The van der Waals surface area contributed by atoms with Crippen LogP contribution in [0.25, 0.3) is 10.8 Å². The van der Waals surface area contributed by atoms with E-state index in [9.17, 15) is 4.79 Å². The molecule has 2 aliphatic rings. The van der Waals surface area contributed by atoms with Crippen LogP contribution in [0.5, 0.6) is 0 Å². The first-order valence-electron chi connectivity index (χ1n) is 11.9. The van der Waals surface area contributed by atoms with E-state index in [1.54, 1.807) is 0 Å². The lowest BCUT2D eigenvalue weighted by Gasteiger charge is -2.45. The van der Waals surface area contributed by atoms with Crippen molar-refractivity contribution < 1.29 is 9.53 Å². The molecule has 1 amide bonds. The number of carbonyl (C=O) groups excluding carboxylic acids is 1. The van der Waals surface area contributed by atoms with E-state index in [0.29, 0.717) is 18.4 Å². The van der Waals surface area contributed by atoms with Crippen LogP contribution in [0.3, 0.4) is 0 Å². The van der Waals surface area contributed by atoms with Gasteiger partial charge in [0.05, 0.1) is 13.2 Å². The summed E-state index contributed by atoms with van der Waals surface area (Å²) in [4.78, 5) is 17.6. The van der Waals surface area contributed by atoms with Gasteiger partial charge in [0.2, 0.25) is 5.91 Å². The van der Waals surface area contributed by atoms with Gasteiger partial charge in [-0.2, -0.15) is 0 Å². The number of amides is 1. The van der Waals surface area contributed by atoms with E-state index in [0.717, 1.165) is 52.4 Å². The summed E-state index contributed by atoms with van der Waals surface area (Å²) in [5, 5.41) is 5.73. The third-order valence-corrected chi connectivity index (χ3v) is 6.76. The fourth-order valence-electron chi connectivity index (χ4n) is 5.29. The number of hydrogen-bond donors (Lipinski definition) is 1. The van der Waals surface area contributed by atoms with Crippen LogP contribution in [0.2, 0.25) is 0 Å². The van der Waals surface area contributed by atoms with Crippen molar-refractivity contribution in [3.05, 3.63) is 48.0 Å². The predicted octanol–water partition coefficient (Wildman–Crippen LogP) is 3.67. The lowest BCUT2D eigenvalue weighted by atomic mass is 9.86. The number of rotatable bonds is 7. The fourth-order valence-corrected chi connectivity index (χ4v) is 5.29. The number of fused-ring (bicyclic) bond motifs is 1. The molecule has 2 saturated heterocycles. The van der Waals surface area contributed by atoms with Crippen molar-refractivity contribution in [3.8, 4) is 0 Å². The monoisotopic (exact) mass is 423 g/mol. The van der Waals surface area contributed by atoms with E-state index >= 15 is 0 Å². The van der Waals surface area contributed by atoms with Gasteiger partial charge in [-0.15, -0.1) is 0 Å². The zero-order chi connectivity index (χ0) is 21.6. The number of ether oxygens (including phenoxy) is 1. The molecule has 5 nitrogen and oxygen atoms in total. The van der Waals surface area contributed by atoms with Crippen molar-refractivity contribution >= 4 is 16.7 Å². The molecule has 0 aliphatic carbocycles. The number of hydrogen-bond acceptors (Lipinski definition) is 4. The molecule has 0 aromatic heterocycles. The summed E-state index contributed by atoms with van der Waals surface area (Å²) >= 11 is 0. The Morgan fingerprint density at radius 3 is 2.68 bits per heavy atom. The predicted molar refractivity (Wildman–Crippen MR) is 126 cm³/mol. The van der Waals surface area contributed by atoms with Crippen LogP contribution in [0.4, 0.5) is 0 Å². The molecule has 31 heavy (non-hydrogen) atoms. The molecule has 0 saturated carbocycles. The van der Waals surface area contributed by atoms with Crippen LogP contribution in [-0.2, 0) is 16.1 Å². The minimum atomic E-state index is 0.182. The summed E-state index contributed by atoms with van der Waals surface area (Å²) < 4.78 is 5.59. The summed E-state index contributed by atoms with van der Waals surface area (Å²) in [6, 6.07) is 16.1. The molecule has 4 rings (SSSR count). The van der Waals surface area contributed by atoms with Crippen LogP contribution in [0.15, 0.2) is 42.5 Å². The number of carbonyl (C=O) groups is 1. The first kappa shape index (κ1) is 22.3. The van der Waals surface area contributed by atoms with Gasteiger partial charge in [0.1, 0.15) is 0 Å². The standard InChI is InChI=1S/C26H37N3O2/c1-20(2)27-26(30)11-10-23-19-28(13-12-25(23)29-14-16-31-17-15-29)18-22-8-5-7-21-6-3-4-9-24(21)22/h3-9,20,23,25H,10-19H2,1-2H3,(H,27,30)/t23-,25+/m1/s1. The Kier molecular flexibility index (Phi) is 7.59. The third kappa shape index (κ3) is 5.85. The molecular formula is C26H37N3O2. The second kappa shape index (κ2) is 10.6. The summed E-state index contributed by atoms with van der Waals surface area (Å²) in [7, 11) is 0. The molecule has 5 heteroatoms. The van der Waals surface area contributed by atoms with Gasteiger partial charge in [0.25, 0.3) is 0 Å². The van der Waals surface area contributed by atoms with E-state index in [-0.39, 0.29) is 11.9 Å². The topological polar surface area (TPSA) is 44.8 Å². The Hall–Kier alpha value is -1.95. The molecule has 0 bridgehead atoms. The van der Waals surface area contributed by atoms with Crippen LogP contribution in [0, 0.1) is 5.92 Å². The van der Waals surface area contributed by atoms with E-state index < -0.39 is 0 Å². The van der Waals surface area contributed by atoms with Gasteiger partial charge < -0.3 is 10.1 Å². The van der Waals surface area contributed by atoms with Crippen molar-refractivity contribution in [3.63, 3.8) is 0 Å². The van der Waals surface area contributed by atoms with Crippen molar-refractivity contribution in [2.24, 2.45) is 5.92 Å². The zero-order valence-corrected chi connectivity index (χ0v) is 19.1. The molecule has 0 spiro atoms. The lowest BCUT2D eigenvalue weighted by molar-refractivity contribution is -0.122. The average molecular weight is 424 g/mol. The minimum absolute atomic E-state index is 0.182. The number of nitrogens with one attached hydrogen (secondary N) is 1. The van der Waals surface area contributed by atoms with Crippen molar-refractivity contribution in [2.45, 2.75) is 51.7 Å². The molecular weight excluding hydrogens is 386 g/mol. The van der Waals surface area contributed by atoms with Gasteiger partial charge >= 0.3 is 0 Å². The maximum absolute atomic E-state index is 12.3. The van der Waals surface area contributed by atoms with Gasteiger partial charge in [-0.3, -0.25) is 14.6 Å².